The van der Waals surface area contributed by atoms with E-state index in [2.05, 4.69) is 20.8 Å². The maximum absolute atomic E-state index is 12.1. The molecule has 1 unspecified atom stereocenters. The second kappa shape index (κ2) is 7.01. The van der Waals surface area contributed by atoms with Crippen molar-refractivity contribution in [1.82, 2.24) is 4.90 Å². The Bertz CT molecular complexity index is 258. The van der Waals surface area contributed by atoms with Gasteiger partial charge in [-0.3, -0.25) is 0 Å². The van der Waals surface area contributed by atoms with Crippen LogP contribution in [0.3, 0.4) is 0 Å². The second-order valence-electron chi connectivity index (χ2n) is 6.39. The molecule has 108 valence electrons. The van der Waals surface area contributed by atoms with Crippen molar-refractivity contribution < 1.29 is 9.53 Å². The summed E-state index contributed by atoms with van der Waals surface area (Å²) in [5, 5.41) is 0. The molecule has 1 atom stereocenters. The van der Waals surface area contributed by atoms with Gasteiger partial charge in [0.2, 0.25) is 0 Å². The number of unbranched alkanes of at least 4 members (excludes halogenated alkanes) is 1. The fourth-order valence-corrected chi connectivity index (χ4v) is 2.11. The summed E-state index contributed by atoms with van der Waals surface area (Å²) in [7, 11) is 1.86. The normalized spacial score (nSPS) is 15.1. The average molecular weight is 257 g/mol. The van der Waals surface area contributed by atoms with Gasteiger partial charge in [0.25, 0.3) is 0 Å². The van der Waals surface area contributed by atoms with Crippen molar-refractivity contribution in [2.45, 2.75) is 84.8 Å². The molecule has 0 aliphatic rings. The molecule has 0 spiro atoms. The van der Waals surface area contributed by atoms with E-state index in [4.69, 9.17) is 4.74 Å². The Morgan fingerprint density at radius 3 is 2.00 bits per heavy atom. The van der Waals surface area contributed by atoms with Crippen LogP contribution >= 0.6 is 0 Å². The van der Waals surface area contributed by atoms with Crippen LogP contribution in [0.2, 0.25) is 0 Å². The molecule has 0 aromatic heterocycles. The van der Waals surface area contributed by atoms with Crippen molar-refractivity contribution in [3.8, 4) is 0 Å². The second-order valence-corrected chi connectivity index (χ2v) is 6.39. The van der Waals surface area contributed by atoms with Crippen molar-refractivity contribution in [2.75, 3.05) is 7.05 Å². The highest BCUT2D eigenvalue weighted by Crippen LogP contribution is 2.27. The Hall–Kier alpha value is -0.730. The van der Waals surface area contributed by atoms with Gasteiger partial charge in [-0.25, -0.2) is 4.79 Å². The molecule has 0 heterocycles. The lowest BCUT2D eigenvalue weighted by atomic mass is 9.88. The van der Waals surface area contributed by atoms with E-state index in [0.29, 0.717) is 0 Å². The smallest absolute Gasteiger partial charge is 0.410 e. The molecule has 18 heavy (non-hydrogen) atoms. The Labute approximate surface area is 113 Å². The maximum Gasteiger partial charge on any atom is 0.410 e. The summed E-state index contributed by atoms with van der Waals surface area (Å²) in [5.74, 6) is 0. The molecule has 0 aliphatic heterocycles. The topological polar surface area (TPSA) is 29.5 Å². The molecule has 0 N–H and O–H groups in total. The summed E-state index contributed by atoms with van der Waals surface area (Å²) in [5.41, 5.74) is -0.518. The summed E-state index contributed by atoms with van der Waals surface area (Å²) in [6.07, 6.45) is 5.21. The van der Waals surface area contributed by atoms with E-state index in [-0.39, 0.29) is 11.6 Å². The van der Waals surface area contributed by atoms with E-state index in [9.17, 15) is 4.79 Å². The standard InChI is InChI=1S/C15H31NO2/c1-8-10-12-15(6,11-9-2)16(7)13(17)18-14(3,4)5/h8-12H2,1-7H3. The van der Waals surface area contributed by atoms with Crippen LogP contribution in [-0.2, 0) is 4.74 Å². The highest BCUT2D eigenvalue weighted by atomic mass is 16.6. The molecule has 0 radical (unpaired) electrons. The summed E-state index contributed by atoms with van der Waals surface area (Å²) in [4.78, 5) is 13.9. The lowest BCUT2D eigenvalue weighted by Crippen LogP contribution is -2.49. The van der Waals surface area contributed by atoms with Crippen LogP contribution in [0.5, 0.6) is 0 Å². The minimum absolute atomic E-state index is 0.0902. The molecule has 3 heteroatoms. The van der Waals surface area contributed by atoms with Crippen LogP contribution in [0.25, 0.3) is 0 Å². The van der Waals surface area contributed by atoms with Gasteiger partial charge in [-0.05, 0) is 40.5 Å². The van der Waals surface area contributed by atoms with Crippen molar-refractivity contribution >= 4 is 6.09 Å². The highest BCUT2D eigenvalue weighted by Gasteiger charge is 2.33. The van der Waals surface area contributed by atoms with Crippen molar-refractivity contribution in [1.29, 1.82) is 0 Å². The van der Waals surface area contributed by atoms with Gasteiger partial charge < -0.3 is 9.64 Å². The van der Waals surface area contributed by atoms with Gasteiger partial charge in [0.05, 0.1) is 0 Å². The van der Waals surface area contributed by atoms with E-state index < -0.39 is 5.60 Å². The lowest BCUT2D eigenvalue weighted by molar-refractivity contribution is 0.00424. The van der Waals surface area contributed by atoms with E-state index in [0.717, 1.165) is 32.1 Å². The number of carbonyl (C=O) groups is 1. The number of nitrogens with zero attached hydrogens (tertiary/aromatic N) is 1. The zero-order valence-electron chi connectivity index (χ0n) is 13.3. The first-order valence-corrected chi connectivity index (χ1v) is 7.13. The minimum Gasteiger partial charge on any atom is -0.444 e. The summed E-state index contributed by atoms with van der Waals surface area (Å²) in [6.45, 7) is 12.2. The summed E-state index contributed by atoms with van der Waals surface area (Å²) < 4.78 is 5.46. The largest absolute Gasteiger partial charge is 0.444 e. The van der Waals surface area contributed by atoms with Crippen LogP contribution in [0.1, 0.15) is 73.6 Å². The fraction of sp³-hybridized carbons (Fsp3) is 0.933. The SMILES string of the molecule is CCCCC(C)(CCC)N(C)C(=O)OC(C)(C)C. The van der Waals surface area contributed by atoms with Gasteiger partial charge in [0, 0.05) is 12.6 Å². The predicted octanol–water partition coefficient (Wildman–Crippen LogP) is 4.60. The van der Waals surface area contributed by atoms with Crippen LogP contribution in [-0.4, -0.2) is 29.2 Å². The first-order valence-electron chi connectivity index (χ1n) is 7.13. The summed E-state index contributed by atoms with van der Waals surface area (Å²) >= 11 is 0. The van der Waals surface area contributed by atoms with Crippen molar-refractivity contribution in [2.24, 2.45) is 0 Å². The van der Waals surface area contributed by atoms with E-state index in [1.54, 1.807) is 4.90 Å². The molecule has 0 rings (SSSR count). The molecule has 0 aliphatic carbocycles. The van der Waals surface area contributed by atoms with Gasteiger partial charge in [-0.2, -0.15) is 0 Å². The maximum atomic E-state index is 12.1. The average Bonchev–Trinajstić information content (AvgIpc) is 2.23. The molecule has 3 nitrogen and oxygen atoms in total. The minimum atomic E-state index is -0.427. The number of amides is 1. The Kier molecular flexibility index (Phi) is 6.72. The van der Waals surface area contributed by atoms with Gasteiger partial charge in [-0.15, -0.1) is 0 Å². The number of carbonyl (C=O) groups excluding carboxylic acids is 1. The molecule has 1 amide bonds. The Morgan fingerprint density at radius 1 is 1.06 bits per heavy atom. The Morgan fingerprint density at radius 2 is 1.61 bits per heavy atom. The molecule has 0 fully saturated rings. The van der Waals surface area contributed by atoms with Crippen LogP contribution in [0, 0.1) is 0 Å². The monoisotopic (exact) mass is 257 g/mol. The highest BCUT2D eigenvalue weighted by molar-refractivity contribution is 5.68. The van der Waals surface area contributed by atoms with Gasteiger partial charge in [-0.1, -0.05) is 33.1 Å². The van der Waals surface area contributed by atoms with E-state index in [1.165, 1.54) is 0 Å². The van der Waals surface area contributed by atoms with E-state index in [1.807, 2.05) is 27.8 Å². The fourth-order valence-electron chi connectivity index (χ4n) is 2.11. The third-order valence-electron chi connectivity index (χ3n) is 3.33. The number of rotatable bonds is 6. The first kappa shape index (κ1) is 17.3. The molecule has 0 saturated carbocycles. The summed E-state index contributed by atoms with van der Waals surface area (Å²) in [6, 6.07) is 0. The molecular formula is C15H31NO2. The van der Waals surface area contributed by atoms with Gasteiger partial charge in [0.15, 0.2) is 0 Å². The van der Waals surface area contributed by atoms with Crippen molar-refractivity contribution in [3.63, 3.8) is 0 Å². The number of ether oxygens (including phenoxy) is 1. The van der Waals surface area contributed by atoms with Crippen LogP contribution < -0.4 is 0 Å². The van der Waals surface area contributed by atoms with Gasteiger partial charge >= 0.3 is 6.09 Å². The number of hydrogen-bond donors (Lipinski definition) is 0. The van der Waals surface area contributed by atoms with Gasteiger partial charge in [0.1, 0.15) is 5.60 Å². The first-order chi connectivity index (χ1) is 8.16. The molecule has 0 aromatic carbocycles. The van der Waals surface area contributed by atoms with E-state index >= 15 is 0 Å². The molecular weight excluding hydrogens is 226 g/mol. The zero-order valence-corrected chi connectivity index (χ0v) is 13.3. The molecule has 0 saturated heterocycles. The molecule has 0 aromatic rings. The predicted molar refractivity (Wildman–Crippen MR) is 76.8 cm³/mol. The van der Waals surface area contributed by atoms with Crippen LogP contribution in [0.15, 0.2) is 0 Å². The van der Waals surface area contributed by atoms with Crippen LogP contribution in [0.4, 0.5) is 4.79 Å². The zero-order chi connectivity index (χ0) is 14.4. The third-order valence-corrected chi connectivity index (χ3v) is 3.33. The Balaban J connectivity index is 4.73. The van der Waals surface area contributed by atoms with Crippen molar-refractivity contribution in [3.05, 3.63) is 0 Å². The lowest BCUT2D eigenvalue weighted by Gasteiger charge is -2.39. The molecule has 0 bridgehead atoms. The quantitative estimate of drug-likeness (QED) is 0.696. The third kappa shape index (κ3) is 5.74. The number of hydrogen-bond acceptors (Lipinski definition) is 2.